The molecule has 0 saturated carbocycles. The maximum atomic E-state index is 13.8. The lowest BCUT2D eigenvalue weighted by atomic mass is 9.96. The van der Waals surface area contributed by atoms with Crippen molar-refractivity contribution in [1.29, 1.82) is 0 Å². The van der Waals surface area contributed by atoms with Gasteiger partial charge in [0.1, 0.15) is 11.4 Å². The van der Waals surface area contributed by atoms with Gasteiger partial charge in [0, 0.05) is 11.4 Å². The van der Waals surface area contributed by atoms with E-state index in [-0.39, 0.29) is 22.8 Å². The van der Waals surface area contributed by atoms with Crippen molar-refractivity contribution in [3.8, 4) is 0 Å². The summed E-state index contributed by atoms with van der Waals surface area (Å²) < 4.78 is 82.3. The Bertz CT molecular complexity index is 1220. The monoisotopic (exact) mass is 502 g/mol. The van der Waals surface area contributed by atoms with E-state index >= 15 is 0 Å². The van der Waals surface area contributed by atoms with E-state index in [2.05, 4.69) is 15.7 Å². The van der Waals surface area contributed by atoms with Crippen LogP contribution in [0.3, 0.4) is 0 Å². The standard InChI is InChI=1S/C22H17ClF6N4O/c1-11-2-4-12(5-3-11)17-9-18(22(27,28)29)33-19(31-17)14(10-30-33)20(34)32-16-7-6-13(23)8-15(16)21(24,25)26/h2-8,10,17-18,31H,9H2,1H3,(H,32,34)/t17-,18-/m1/s1. The van der Waals surface area contributed by atoms with Gasteiger partial charge in [0.2, 0.25) is 0 Å². The summed E-state index contributed by atoms with van der Waals surface area (Å²) in [6.45, 7) is 1.83. The number of hydrogen-bond donors (Lipinski definition) is 2. The number of amides is 1. The first-order valence-electron chi connectivity index (χ1n) is 10.00. The number of nitrogens with one attached hydrogen (secondary N) is 2. The number of fused-ring (bicyclic) bond motifs is 1. The molecule has 34 heavy (non-hydrogen) atoms. The number of carbonyl (C=O) groups excluding carboxylic acids is 1. The van der Waals surface area contributed by atoms with Crippen molar-refractivity contribution in [2.24, 2.45) is 0 Å². The second-order valence-corrected chi connectivity index (χ2v) is 8.33. The zero-order chi connectivity index (χ0) is 24.8. The molecular weight excluding hydrogens is 486 g/mol. The van der Waals surface area contributed by atoms with Crippen molar-refractivity contribution >= 4 is 29.0 Å². The molecule has 180 valence electrons. The van der Waals surface area contributed by atoms with E-state index in [1.165, 1.54) is 0 Å². The van der Waals surface area contributed by atoms with E-state index in [0.29, 0.717) is 16.3 Å². The molecular formula is C22H17ClF6N4O. The van der Waals surface area contributed by atoms with Crippen LogP contribution in [0.4, 0.5) is 37.8 Å². The molecule has 2 heterocycles. The minimum atomic E-state index is -4.82. The van der Waals surface area contributed by atoms with Crippen molar-refractivity contribution < 1.29 is 31.1 Å². The molecule has 0 aliphatic carbocycles. The van der Waals surface area contributed by atoms with Gasteiger partial charge in [-0.15, -0.1) is 0 Å². The Morgan fingerprint density at radius 1 is 1.12 bits per heavy atom. The molecule has 1 aromatic heterocycles. The zero-order valence-electron chi connectivity index (χ0n) is 17.4. The van der Waals surface area contributed by atoms with Crippen molar-refractivity contribution in [3.05, 3.63) is 75.9 Å². The summed E-state index contributed by atoms with van der Waals surface area (Å²) in [5.74, 6) is -1.29. The van der Waals surface area contributed by atoms with Crippen LogP contribution >= 0.6 is 11.6 Å². The molecule has 2 aromatic carbocycles. The van der Waals surface area contributed by atoms with Crippen LogP contribution in [0.1, 0.15) is 45.6 Å². The molecule has 0 spiro atoms. The number of benzene rings is 2. The number of halogens is 7. The second kappa shape index (κ2) is 8.53. The number of carbonyl (C=O) groups is 1. The van der Waals surface area contributed by atoms with Crippen LogP contribution in [-0.2, 0) is 6.18 Å². The Hall–Kier alpha value is -3.21. The molecule has 0 unspecified atom stereocenters. The average molecular weight is 503 g/mol. The van der Waals surface area contributed by atoms with Gasteiger partial charge in [0.25, 0.3) is 5.91 Å². The first kappa shape index (κ1) is 23.9. The summed E-state index contributed by atoms with van der Waals surface area (Å²) in [6.07, 6.45) is -8.96. The Morgan fingerprint density at radius 3 is 2.41 bits per heavy atom. The normalized spacial score (nSPS) is 18.2. The molecule has 2 N–H and O–H groups in total. The predicted molar refractivity (Wildman–Crippen MR) is 114 cm³/mol. The van der Waals surface area contributed by atoms with Gasteiger partial charge in [0.05, 0.1) is 23.5 Å². The summed E-state index contributed by atoms with van der Waals surface area (Å²) in [4.78, 5) is 12.9. The molecule has 4 rings (SSSR count). The van der Waals surface area contributed by atoms with Crippen LogP contribution in [0.5, 0.6) is 0 Å². The van der Waals surface area contributed by atoms with Crippen LogP contribution < -0.4 is 10.6 Å². The van der Waals surface area contributed by atoms with Crippen LogP contribution in [0.2, 0.25) is 5.02 Å². The minimum Gasteiger partial charge on any atom is -0.363 e. The summed E-state index contributed by atoms with van der Waals surface area (Å²) >= 11 is 5.65. The fourth-order valence-electron chi connectivity index (χ4n) is 3.80. The quantitative estimate of drug-likeness (QED) is 0.388. The highest BCUT2D eigenvalue weighted by molar-refractivity contribution is 6.30. The fraction of sp³-hybridized carbons (Fsp3) is 0.273. The van der Waals surface area contributed by atoms with Crippen LogP contribution in [0, 0.1) is 6.92 Å². The lowest BCUT2D eigenvalue weighted by Crippen LogP contribution is -2.36. The third-order valence-corrected chi connectivity index (χ3v) is 5.73. The summed E-state index contributed by atoms with van der Waals surface area (Å²) in [7, 11) is 0. The first-order chi connectivity index (χ1) is 15.8. The van der Waals surface area contributed by atoms with Crippen LogP contribution in [0.15, 0.2) is 48.7 Å². The highest BCUT2D eigenvalue weighted by Gasteiger charge is 2.47. The number of alkyl halides is 6. The third-order valence-electron chi connectivity index (χ3n) is 5.50. The largest absolute Gasteiger partial charge is 0.418 e. The lowest BCUT2D eigenvalue weighted by Gasteiger charge is -2.34. The van der Waals surface area contributed by atoms with Crippen molar-refractivity contribution in [2.45, 2.75) is 37.8 Å². The Balaban J connectivity index is 1.71. The molecule has 5 nitrogen and oxygen atoms in total. The molecule has 0 fully saturated rings. The third kappa shape index (κ3) is 4.70. The molecule has 0 saturated heterocycles. The molecule has 2 atom stereocenters. The van der Waals surface area contributed by atoms with Gasteiger partial charge >= 0.3 is 12.4 Å². The van der Waals surface area contributed by atoms with Gasteiger partial charge in [-0.1, -0.05) is 41.4 Å². The van der Waals surface area contributed by atoms with Gasteiger partial charge in [-0.25, -0.2) is 4.68 Å². The second-order valence-electron chi connectivity index (χ2n) is 7.89. The molecule has 12 heteroatoms. The number of aryl methyl sites for hydroxylation is 1. The molecule has 1 amide bonds. The predicted octanol–water partition coefficient (Wildman–Crippen LogP) is 6.78. The van der Waals surface area contributed by atoms with E-state index in [1.807, 2.05) is 6.92 Å². The Kier molecular flexibility index (Phi) is 6.01. The molecule has 0 radical (unpaired) electrons. The van der Waals surface area contributed by atoms with Crippen molar-refractivity contribution in [1.82, 2.24) is 9.78 Å². The van der Waals surface area contributed by atoms with Gasteiger partial charge in [-0.05, 0) is 30.7 Å². The molecule has 3 aromatic rings. The van der Waals surface area contributed by atoms with E-state index < -0.39 is 41.6 Å². The maximum absolute atomic E-state index is 13.8. The van der Waals surface area contributed by atoms with Gasteiger partial charge in [-0.2, -0.15) is 31.4 Å². The van der Waals surface area contributed by atoms with Gasteiger partial charge in [-0.3, -0.25) is 4.79 Å². The number of rotatable bonds is 3. The zero-order valence-corrected chi connectivity index (χ0v) is 18.2. The first-order valence-corrected chi connectivity index (χ1v) is 10.4. The van der Waals surface area contributed by atoms with E-state index in [9.17, 15) is 31.1 Å². The fourth-order valence-corrected chi connectivity index (χ4v) is 3.97. The van der Waals surface area contributed by atoms with Crippen molar-refractivity contribution in [2.75, 3.05) is 10.6 Å². The maximum Gasteiger partial charge on any atom is 0.418 e. The van der Waals surface area contributed by atoms with Crippen LogP contribution in [-0.4, -0.2) is 21.9 Å². The molecule has 1 aliphatic rings. The topological polar surface area (TPSA) is 59.0 Å². The smallest absolute Gasteiger partial charge is 0.363 e. The summed E-state index contributed by atoms with van der Waals surface area (Å²) in [5, 5.41) is 8.55. The highest BCUT2D eigenvalue weighted by Crippen LogP contribution is 2.44. The average Bonchev–Trinajstić information content (AvgIpc) is 3.17. The number of nitrogens with zero attached hydrogens (tertiary/aromatic N) is 2. The highest BCUT2D eigenvalue weighted by atomic mass is 35.5. The van der Waals surface area contributed by atoms with Gasteiger partial charge in [0.15, 0.2) is 6.04 Å². The van der Waals surface area contributed by atoms with E-state index in [0.717, 1.165) is 23.9 Å². The molecule has 1 aliphatic heterocycles. The van der Waals surface area contributed by atoms with Crippen LogP contribution in [0.25, 0.3) is 0 Å². The summed E-state index contributed by atoms with van der Waals surface area (Å²) in [5.41, 5.74) is -0.613. The SMILES string of the molecule is Cc1ccc([C@H]2C[C@H](C(F)(F)F)n3ncc(C(=O)Nc4ccc(Cl)cc4C(F)(F)F)c3N2)cc1. The van der Waals surface area contributed by atoms with E-state index in [1.54, 1.807) is 24.3 Å². The van der Waals surface area contributed by atoms with Gasteiger partial charge < -0.3 is 10.6 Å². The Morgan fingerprint density at radius 2 is 1.79 bits per heavy atom. The summed E-state index contributed by atoms with van der Waals surface area (Å²) in [6, 6.07) is 6.80. The lowest BCUT2D eigenvalue weighted by molar-refractivity contribution is -0.173. The minimum absolute atomic E-state index is 0.191. The van der Waals surface area contributed by atoms with Crippen molar-refractivity contribution in [3.63, 3.8) is 0 Å². The number of hydrogen-bond acceptors (Lipinski definition) is 3. The Labute approximate surface area is 194 Å². The van der Waals surface area contributed by atoms with E-state index in [4.69, 9.17) is 11.6 Å². The number of aromatic nitrogens is 2. The number of anilines is 2. The molecule has 0 bridgehead atoms.